The van der Waals surface area contributed by atoms with Crippen molar-refractivity contribution < 1.29 is 9.53 Å². The number of ether oxygens (including phenoxy) is 1. The maximum absolute atomic E-state index is 9.65. The summed E-state index contributed by atoms with van der Waals surface area (Å²) in [5, 5.41) is 0. The normalized spacial score (nSPS) is 8.44. The molecule has 0 N–H and O–H groups in total. The maximum atomic E-state index is 9.65. The van der Waals surface area contributed by atoms with E-state index in [0.29, 0.717) is 0 Å². The van der Waals surface area contributed by atoms with E-state index in [0.717, 1.165) is 0 Å². The fourth-order valence-electron chi connectivity index (χ4n) is 0.332. The number of carbonyl (C=O) groups excluding carboxylic acids is 1. The summed E-state index contributed by atoms with van der Waals surface area (Å²) in [6.45, 7) is 0.259. The van der Waals surface area contributed by atoms with Gasteiger partial charge in [-0.2, -0.15) is 9.97 Å². The number of nitrogens with zero attached hydrogens (tertiary/aromatic N) is 3. The minimum Gasteiger partial charge on any atom is -0.393 e. The standard InChI is InChI=1S/C4H3N3O2/c8-3-9-4-6-1-5-2-7-4/h1-3H. The lowest BCUT2D eigenvalue weighted by molar-refractivity contribution is -0.121. The summed E-state index contributed by atoms with van der Waals surface area (Å²) in [5.41, 5.74) is 0. The highest BCUT2D eigenvalue weighted by molar-refractivity contribution is 5.40. The molecule has 0 aromatic carbocycles. The first-order valence-electron chi connectivity index (χ1n) is 2.16. The van der Waals surface area contributed by atoms with Crippen LogP contribution in [-0.4, -0.2) is 21.4 Å². The van der Waals surface area contributed by atoms with Crippen molar-refractivity contribution in [3.63, 3.8) is 0 Å². The quantitative estimate of drug-likeness (QED) is 0.494. The van der Waals surface area contributed by atoms with Crippen molar-refractivity contribution in [2.75, 3.05) is 0 Å². The molecule has 1 rings (SSSR count). The molecular formula is C4H3N3O2. The van der Waals surface area contributed by atoms with Gasteiger partial charge in [-0.05, 0) is 0 Å². The summed E-state index contributed by atoms with van der Waals surface area (Å²) in [5.74, 6) is 0. The molecule has 0 atom stereocenters. The van der Waals surface area contributed by atoms with Gasteiger partial charge in [0.15, 0.2) is 0 Å². The van der Waals surface area contributed by atoms with Gasteiger partial charge in [0.2, 0.25) is 0 Å². The molecule has 0 fully saturated rings. The highest BCUT2D eigenvalue weighted by atomic mass is 16.5. The highest BCUT2D eigenvalue weighted by Crippen LogP contribution is 1.91. The van der Waals surface area contributed by atoms with Gasteiger partial charge in [0.1, 0.15) is 12.7 Å². The summed E-state index contributed by atoms with van der Waals surface area (Å²) in [7, 11) is 0. The Balaban J connectivity index is 2.72. The van der Waals surface area contributed by atoms with Crippen LogP contribution in [0.3, 0.4) is 0 Å². The van der Waals surface area contributed by atoms with E-state index in [1.165, 1.54) is 12.7 Å². The summed E-state index contributed by atoms with van der Waals surface area (Å²) in [6, 6.07) is 0.0139. The van der Waals surface area contributed by atoms with Gasteiger partial charge in [-0.1, -0.05) is 0 Å². The van der Waals surface area contributed by atoms with E-state index in [2.05, 4.69) is 19.7 Å². The lowest BCUT2D eigenvalue weighted by Crippen LogP contribution is -1.94. The van der Waals surface area contributed by atoms with E-state index < -0.39 is 0 Å². The van der Waals surface area contributed by atoms with E-state index in [1.807, 2.05) is 0 Å². The van der Waals surface area contributed by atoms with Crippen molar-refractivity contribution in [3.8, 4) is 6.01 Å². The average molecular weight is 125 g/mol. The Hall–Kier alpha value is -1.52. The topological polar surface area (TPSA) is 65.0 Å². The van der Waals surface area contributed by atoms with Crippen LogP contribution in [0.2, 0.25) is 0 Å². The number of aromatic nitrogens is 3. The minimum absolute atomic E-state index is 0.0139. The second-order valence-corrected chi connectivity index (χ2v) is 1.13. The van der Waals surface area contributed by atoms with Crippen molar-refractivity contribution in [2.45, 2.75) is 0 Å². The third kappa shape index (κ3) is 1.45. The van der Waals surface area contributed by atoms with Gasteiger partial charge >= 0.3 is 12.5 Å². The van der Waals surface area contributed by atoms with Crippen LogP contribution < -0.4 is 4.74 Å². The molecule has 0 aliphatic heterocycles. The Morgan fingerprint density at radius 2 is 2.11 bits per heavy atom. The zero-order chi connectivity index (χ0) is 6.53. The van der Waals surface area contributed by atoms with E-state index in [9.17, 15) is 4.79 Å². The van der Waals surface area contributed by atoms with Crippen LogP contribution in [0.1, 0.15) is 0 Å². The number of carbonyl (C=O) groups is 1. The molecule has 9 heavy (non-hydrogen) atoms. The van der Waals surface area contributed by atoms with Crippen LogP contribution in [0.5, 0.6) is 6.01 Å². The first-order valence-corrected chi connectivity index (χ1v) is 2.16. The zero-order valence-corrected chi connectivity index (χ0v) is 4.39. The number of rotatable bonds is 2. The Morgan fingerprint density at radius 3 is 2.67 bits per heavy atom. The molecule has 0 aliphatic carbocycles. The van der Waals surface area contributed by atoms with E-state index in [4.69, 9.17) is 0 Å². The van der Waals surface area contributed by atoms with E-state index in [-0.39, 0.29) is 12.5 Å². The van der Waals surface area contributed by atoms with Gasteiger partial charge in [0.25, 0.3) is 0 Å². The smallest absolute Gasteiger partial charge is 0.327 e. The molecule has 0 unspecified atom stereocenters. The molecule has 1 aromatic heterocycles. The largest absolute Gasteiger partial charge is 0.393 e. The first kappa shape index (κ1) is 5.61. The molecule has 5 heteroatoms. The predicted octanol–water partition coefficient (Wildman–Crippen LogP) is -0.593. The van der Waals surface area contributed by atoms with Gasteiger partial charge in [-0.15, -0.1) is 0 Å². The molecule has 0 aliphatic rings. The van der Waals surface area contributed by atoms with Gasteiger partial charge in [0, 0.05) is 0 Å². The fourth-order valence-corrected chi connectivity index (χ4v) is 0.332. The predicted molar refractivity (Wildman–Crippen MR) is 26.5 cm³/mol. The third-order valence-electron chi connectivity index (χ3n) is 0.623. The fraction of sp³-hybridized carbons (Fsp3) is 0. The molecule has 0 spiro atoms. The molecule has 0 bridgehead atoms. The van der Waals surface area contributed by atoms with Gasteiger partial charge in [-0.25, -0.2) is 4.98 Å². The Labute approximate surface area is 50.7 Å². The van der Waals surface area contributed by atoms with E-state index >= 15 is 0 Å². The summed E-state index contributed by atoms with van der Waals surface area (Å²) < 4.78 is 4.26. The van der Waals surface area contributed by atoms with Crippen molar-refractivity contribution in [3.05, 3.63) is 12.7 Å². The number of hydrogen-bond acceptors (Lipinski definition) is 5. The molecule has 0 saturated carbocycles. The monoisotopic (exact) mass is 125 g/mol. The van der Waals surface area contributed by atoms with Gasteiger partial charge < -0.3 is 4.74 Å². The van der Waals surface area contributed by atoms with Crippen LogP contribution in [-0.2, 0) is 4.79 Å². The third-order valence-corrected chi connectivity index (χ3v) is 0.623. The summed E-state index contributed by atoms with van der Waals surface area (Å²) >= 11 is 0. The lowest BCUT2D eigenvalue weighted by Gasteiger charge is -1.88. The molecular weight excluding hydrogens is 122 g/mol. The first-order chi connectivity index (χ1) is 4.43. The molecule has 0 saturated heterocycles. The van der Waals surface area contributed by atoms with Gasteiger partial charge in [-0.3, -0.25) is 4.79 Å². The van der Waals surface area contributed by atoms with Crippen LogP contribution in [0.4, 0.5) is 0 Å². The lowest BCUT2D eigenvalue weighted by atomic mass is 11.0. The highest BCUT2D eigenvalue weighted by Gasteiger charge is 1.89. The van der Waals surface area contributed by atoms with Crippen LogP contribution in [0.15, 0.2) is 12.7 Å². The summed E-state index contributed by atoms with van der Waals surface area (Å²) in [4.78, 5) is 20.1. The Bertz CT molecular complexity index is 188. The minimum atomic E-state index is 0.0139. The molecule has 0 radical (unpaired) electrons. The molecule has 46 valence electrons. The maximum Gasteiger partial charge on any atom is 0.327 e. The Kier molecular flexibility index (Phi) is 1.69. The van der Waals surface area contributed by atoms with Crippen molar-refractivity contribution in [1.82, 2.24) is 15.0 Å². The van der Waals surface area contributed by atoms with Gasteiger partial charge in [0.05, 0.1) is 0 Å². The Morgan fingerprint density at radius 1 is 1.44 bits per heavy atom. The molecule has 1 aromatic rings. The van der Waals surface area contributed by atoms with Crippen LogP contribution in [0.25, 0.3) is 0 Å². The van der Waals surface area contributed by atoms with E-state index in [1.54, 1.807) is 0 Å². The molecule has 0 amide bonds. The SMILES string of the molecule is O=COc1ncncn1. The second kappa shape index (κ2) is 2.71. The number of hydrogen-bond donors (Lipinski definition) is 0. The van der Waals surface area contributed by atoms with Crippen molar-refractivity contribution in [2.24, 2.45) is 0 Å². The average Bonchev–Trinajstić information content (AvgIpc) is 1.91. The van der Waals surface area contributed by atoms with Crippen molar-refractivity contribution in [1.29, 1.82) is 0 Å². The van der Waals surface area contributed by atoms with Crippen LogP contribution >= 0.6 is 0 Å². The van der Waals surface area contributed by atoms with Crippen molar-refractivity contribution >= 4 is 6.47 Å². The van der Waals surface area contributed by atoms with Crippen LogP contribution in [0, 0.1) is 0 Å². The summed E-state index contributed by atoms with van der Waals surface area (Å²) in [6.07, 6.45) is 2.48. The second-order valence-electron chi connectivity index (χ2n) is 1.13. The molecule has 1 heterocycles. The zero-order valence-electron chi connectivity index (χ0n) is 4.39. The molecule has 5 nitrogen and oxygen atoms in total.